The first-order valence-corrected chi connectivity index (χ1v) is 11.0. The van der Waals surface area contributed by atoms with Gasteiger partial charge in [0.1, 0.15) is 12.4 Å². The fourth-order valence-corrected chi connectivity index (χ4v) is 8.18. The molecule has 0 aromatic rings. The highest BCUT2D eigenvalue weighted by Gasteiger charge is 2.70. The fourth-order valence-electron chi connectivity index (χ4n) is 8.18. The third-order valence-electron chi connectivity index (χ3n) is 9.65. The van der Waals surface area contributed by atoms with Gasteiger partial charge < -0.3 is 14.9 Å². The number of ether oxygens (including phenoxy) is 1. The summed E-state index contributed by atoms with van der Waals surface area (Å²) in [7, 11) is 0. The van der Waals surface area contributed by atoms with E-state index < -0.39 is 11.0 Å². The van der Waals surface area contributed by atoms with Crippen molar-refractivity contribution in [1.82, 2.24) is 0 Å². The van der Waals surface area contributed by atoms with E-state index in [1.165, 1.54) is 0 Å². The number of aliphatic hydroxyl groups excluding tert-OH is 1. The van der Waals surface area contributed by atoms with E-state index in [2.05, 4.69) is 13.8 Å². The lowest BCUT2D eigenvalue weighted by atomic mass is 9.43. The normalized spacial score (nSPS) is 53.1. The third kappa shape index (κ3) is 2.26. The first-order valence-electron chi connectivity index (χ1n) is 11.0. The summed E-state index contributed by atoms with van der Waals surface area (Å²) in [6.07, 6.45) is 7.48. The van der Waals surface area contributed by atoms with Crippen molar-refractivity contribution in [3.8, 4) is 0 Å². The van der Waals surface area contributed by atoms with Crippen molar-refractivity contribution in [1.29, 1.82) is 0 Å². The maximum atomic E-state index is 13.6. The number of carbonyl (C=O) groups excluding carboxylic acids is 2. The van der Waals surface area contributed by atoms with Gasteiger partial charge in [0.25, 0.3) is 0 Å². The van der Waals surface area contributed by atoms with E-state index >= 15 is 0 Å². The summed E-state index contributed by atoms with van der Waals surface area (Å²) < 4.78 is 5.14. The number of esters is 1. The van der Waals surface area contributed by atoms with Crippen LogP contribution in [0.25, 0.3) is 0 Å². The summed E-state index contributed by atoms with van der Waals surface area (Å²) in [5.41, 5.74) is -0.551. The Morgan fingerprint density at radius 3 is 2.61 bits per heavy atom. The van der Waals surface area contributed by atoms with Gasteiger partial charge >= 0.3 is 5.97 Å². The van der Waals surface area contributed by atoms with Crippen molar-refractivity contribution in [2.24, 2.45) is 34.5 Å². The number of fused-ring (bicyclic) bond motifs is 5. The Morgan fingerprint density at radius 2 is 1.89 bits per heavy atom. The quantitative estimate of drug-likeness (QED) is 0.675. The molecular formula is C23H32O5. The van der Waals surface area contributed by atoms with E-state index in [-0.39, 0.29) is 35.2 Å². The Labute approximate surface area is 166 Å². The highest BCUT2D eigenvalue weighted by Crippen LogP contribution is 2.68. The maximum Gasteiger partial charge on any atom is 0.331 e. The minimum absolute atomic E-state index is 0.0149. The van der Waals surface area contributed by atoms with Crippen molar-refractivity contribution in [2.75, 3.05) is 6.61 Å². The van der Waals surface area contributed by atoms with Crippen LogP contribution in [0.1, 0.15) is 65.2 Å². The van der Waals surface area contributed by atoms with Crippen LogP contribution in [0.5, 0.6) is 0 Å². The molecule has 5 rings (SSSR count). The van der Waals surface area contributed by atoms with E-state index in [1.807, 2.05) is 0 Å². The van der Waals surface area contributed by atoms with E-state index in [0.29, 0.717) is 31.1 Å². The van der Waals surface area contributed by atoms with Gasteiger partial charge in [-0.05, 0) is 73.7 Å². The van der Waals surface area contributed by atoms with Crippen LogP contribution in [0.2, 0.25) is 0 Å². The molecule has 1 heterocycles. The van der Waals surface area contributed by atoms with Crippen LogP contribution in [0.3, 0.4) is 0 Å². The second-order valence-electron chi connectivity index (χ2n) is 10.7. The van der Waals surface area contributed by atoms with Crippen molar-refractivity contribution in [3.05, 3.63) is 11.6 Å². The lowest BCUT2D eigenvalue weighted by Gasteiger charge is -2.62. The van der Waals surface area contributed by atoms with E-state index in [0.717, 1.165) is 44.1 Å². The van der Waals surface area contributed by atoms with Crippen LogP contribution in [0.4, 0.5) is 0 Å². The Hall–Kier alpha value is -1.20. The minimum atomic E-state index is -0.868. The van der Waals surface area contributed by atoms with Crippen molar-refractivity contribution >= 4 is 11.8 Å². The molecule has 2 N–H and O–H groups in total. The highest BCUT2D eigenvalue weighted by molar-refractivity contribution is 5.86. The second kappa shape index (κ2) is 5.91. The third-order valence-corrected chi connectivity index (χ3v) is 9.65. The molecule has 0 saturated heterocycles. The van der Waals surface area contributed by atoms with Gasteiger partial charge in [0, 0.05) is 23.8 Å². The monoisotopic (exact) mass is 388 g/mol. The maximum absolute atomic E-state index is 13.6. The van der Waals surface area contributed by atoms with Crippen LogP contribution in [0, 0.1) is 34.5 Å². The Balaban J connectivity index is 1.52. The molecule has 28 heavy (non-hydrogen) atoms. The molecule has 1 aliphatic heterocycles. The number of ketones is 1. The smallest absolute Gasteiger partial charge is 0.331 e. The molecule has 4 aliphatic carbocycles. The van der Waals surface area contributed by atoms with Gasteiger partial charge in [-0.3, -0.25) is 4.79 Å². The molecule has 8 atom stereocenters. The average Bonchev–Trinajstić information content (AvgIpc) is 3.16. The molecule has 8 unspecified atom stereocenters. The van der Waals surface area contributed by atoms with Gasteiger partial charge in [-0.15, -0.1) is 0 Å². The SMILES string of the molecule is CC12CCC(O)CC1CCC1C2C(=O)CC2(C)C(C3=CC(=O)OC3)CCC12O. The molecule has 4 saturated carbocycles. The standard InChI is InChI=1S/C23H32O5/c1-21-7-5-15(24)10-14(21)3-4-17-20(21)18(25)11-22(2)16(6-8-23(17,22)27)13-9-19(26)28-12-13/h9,14-17,20,24,27H,3-8,10-12H2,1-2H3. The second-order valence-corrected chi connectivity index (χ2v) is 10.7. The number of carbonyl (C=O) groups is 2. The van der Waals surface area contributed by atoms with Crippen LogP contribution < -0.4 is 0 Å². The molecule has 154 valence electrons. The first-order chi connectivity index (χ1) is 13.2. The summed E-state index contributed by atoms with van der Waals surface area (Å²) in [5, 5.41) is 22.2. The largest absolute Gasteiger partial charge is 0.458 e. The van der Waals surface area contributed by atoms with Gasteiger partial charge in [-0.1, -0.05) is 13.8 Å². The lowest BCUT2D eigenvalue weighted by Crippen LogP contribution is -2.65. The molecule has 0 amide bonds. The Bertz CT molecular complexity index is 758. The van der Waals surface area contributed by atoms with Crippen molar-refractivity contribution < 1.29 is 24.5 Å². The molecule has 0 spiro atoms. The van der Waals surface area contributed by atoms with Crippen LogP contribution in [0.15, 0.2) is 11.6 Å². The summed E-state index contributed by atoms with van der Waals surface area (Å²) >= 11 is 0. The number of aliphatic hydroxyl groups is 2. The zero-order valence-electron chi connectivity index (χ0n) is 16.9. The average molecular weight is 389 g/mol. The first kappa shape index (κ1) is 18.8. The molecule has 0 bridgehead atoms. The van der Waals surface area contributed by atoms with Gasteiger partial charge in [-0.25, -0.2) is 4.79 Å². The number of cyclic esters (lactones) is 1. The topological polar surface area (TPSA) is 83.8 Å². The minimum Gasteiger partial charge on any atom is -0.458 e. The summed E-state index contributed by atoms with van der Waals surface area (Å²) in [6, 6.07) is 0. The van der Waals surface area contributed by atoms with Crippen LogP contribution in [-0.4, -0.2) is 40.3 Å². The number of Topliss-reactive ketones (excluding diaryl/α,β-unsaturated/α-hetero) is 1. The van der Waals surface area contributed by atoms with Crippen LogP contribution >= 0.6 is 0 Å². The van der Waals surface area contributed by atoms with Crippen LogP contribution in [-0.2, 0) is 14.3 Å². The molecule has 5 nitrogen and oxygen atoms in total. The van der Waals surface area contributed by atoms with Crippen molar-refractivity contribution in [2.45, 2.75) is 76.9 Å². The van der Waals surface area contributed by atoms with Crippen molar-refractivity contribution in [3.63, 3.8) is 0 Å². The molecule has 5 aliphatic rings. The molecule has 4 fully saturated rings. The summed E-state index contributed by atoms with van der Waals surface area (Å²) in [4.78, 5) is 25.2. The zero-order chi connectivity index (χ0) is 19.9. The molecular weight excluding hydrogens is 356 g/mol. The predicted molar refractivity (Wildman–Crippen MR) is 102 cm³/mol. The number of hydrogen-bond donors (Lipinski definition) is 2. The summed E-state index contributed by atoms with van der Waals surface area (Å²) in [5.74, 6) is 0.272. The fraction of sp³-hybridized carbons (Fsp3) is 0.826. The number of rotatable bonds is 1. The van der Waals surface area contributed by atoms with E-state index in [4.69, 9.17) is 4.74 Å². The van der Waals surface area contributed by atoms with Gasteiger partial charge in [0.2, 0.25) is 0 Å². The molecule has 0 aromatic heterocycles. The van der Waals surface area contributed by atoms with Gasteiger partial charge in [0.15, 0.2) is 0 Å². The van der Waals surface area contributed by atoms with E-state index in [9.17, 15) is 19.8 Å². The van der Waals surface area contributed by atoms with E-state index in [1.54, 1.807) is 6.08 Å². The zero-order valence-corrected chi connectivity index (χ0v) is 16.9. The highest BCUT2D eigenvalue weighted by atomic mass is 16.5. The molecule has 0 aromatic carbocycles. The molecule has 5 heteroatoms. The predicted octanol–water partition coefficient (Wildman–Crippen LogP) is 2.78. The summed E-state index contributed by atoms with van der Waals surface area (Å²) in [6.45, 7) is 4.61. The molecule has 0 radical (unpaired) electrons. The van der Waals surface area contributed by atoms with Gasteiger partial charge in [-0.2, -0.15) is 0 Å². The van der Waals surface area contributed by atoms with Gasteiger partial charge in [0.05, 0.1) is 11.7 Å². The lowest BCUT2D eigenvalue weighted by molar-refractivity contribution is -0.206. The number of hydrogen-bond acceptors (Lipinski definition) is 5. The Morgan fingerprint density at radius 1 is 1.11 bits per heavy atom. The Kier molecular flexibility index (Phi) is 3.97.